The summed E-state index contributed by atoms with van der Waals surface area (Å²) in [6.45, 7) is 4.10. The zero-order valence-corrected chi connectivity index (χ0v) is 12.1. The van der Waals surface area contributed by atoms with Crippen molar-refractivity contribution in [2.24, 2.45) is 0 Å². The minimum Gasteiger partial charge on any atom is -0.377 e. The van der Waals surface area contributed by atoms with Gasteiger partial charge in [-0.15, -0.1) is 0 Å². The number of hydrogen-bond donors (Lipinski definition) is 2. The SMILES string of the molecule is CCNCCS(=O)(=O)NCCOC1CCCCC1. The van der Waals surface area contributed by atoms with Gasteiger partial charge in [0.25, 0.3) is 0 Å². The molecular weight excluding hydrogens is 252 g/mol. The molecule has 0 amide bonds. The van der Waals surface area contributed by atoms with Crippen LogP contribution in [0.15, 0.2) is 0 Å². The first-order valence-electron chi connectivity index (χ1n) is 6.93. The van der Waals surface area contributed by atoms with Crippen LogP contribution in [0.5, 0.6) is 0 Å². The fraction of sp³-hybridized carbons (Fsp3) is 1.00. The van der Waals surface area contributed by atoms with E-state index in [4.69, 9.17) is 4.74 Å². The average molecular weight is 278 g/mol. The van der Waals surface area contributed by atoms with Crippen molar-refractivity contribution in [2.45, 2.75) is 45.1 Å². The molecule has 5 nitrogen and oxygen atoms in total. The summed E-state index contributed by atoms with van der Waals surface area (Å²) in [7, 11) is -3.15. The summed E-state index contributed by atoms with van der Waals surface area (Å²) in [6.07, 6.45) is 6.35. The lowest BCUT2D eigenvalue weighted by Crippen LogP contribution is -2.34. The zero-order valence-electron chi connectivity index (χ0n) is 11.3. The third-order valence-electron chi connectivity index (χ3n) is 3.13. The maximum absolute atomic E-state index is 11.5. The van der Waals surface area contributed by atoms with Crippen molar-refractivity contribution in [3.8, 4) is 0 Å². The van der Waals surface area contributed by atoms with Gasteiger partial charge in [0, 0.05) is 13.1 Å². The lowest BCUT2D eigenvalue weighted by atomic mass is 9.98. The van der Waals surface area contributed by atoms with E-state index in [1.807, 2.05) is 6.92 Å². The molecule has 1 aliphatic rings. The highest BCUT2D eigenvalue weighted by molar-refractivity contribution is 7.89. The zero-order chi connectivity index (χ0) is 13.3. The second kappa shape index (κ2) is 8.85. The molecule has 1 rings (SSSR count). The lowest BCUT2D eigenvalue weighted by Gasteiger charge is -2.21. The Morgan fingerprint density at radius 3 is 2.56 bits per heavy atom. The van der Waals surface area contributed by atoms with Gasteiger partial charge in [-0.25, -0.2) is 13.1 Å². The van der Waals surface area contributed by atoms with E-state index < -0.39 is 10.0 Å². The summed E-state index contributed by atoms with van der Waals surface area (Å²) in [5.74, 6) is 0.129. The highest BCUT2D eigenvalue weighted by Gasteiger charge is 2.14. The van der Waals surface area contributed by atoms with E-state index in [2.05, 4.69) is 10.0 Å². The molecule has 1 saturated carbocycles. The molecule has 0 atom stereocenters. The predicted octanol–water partition coefficient (Wildman–Crippen LogP) is 0.865. The van der Waals surface area contributed by atoms with Gasteiger partial charge < -0.3 is 10.1 Å². The maximum atomic E-state index is 11.5. The van der Waals surface area contributed by atoms with E-state index in [0.717, 1.165) is 19.4 Å². The second-order valence-corrected chi connectivity index (χ2v) is 6.62. The topological polar surface area (TPSA) is 67.4 Å². The van der Waals surface area contributed by atoms with Gasteiger partial charge in [-0.3, -0.25) is 0 Å². The Morgan fingerprint density at radius 2 is 1.89 bits per heavy atom. The molecule has 0 unspecified atom stereocenters. The summed E-state index contributed by atoms with van der Waals surface area (Å²) in [4.78, 5) is 0. The molecule has 6 heteroatoms. The van der Waals surface area contributed by atoms with Crippen LogP contribution in [-0.4, -0.2) is 46.5 Å². The third kappa shape index (κ3) is 7.31. The van der Waals surface area contributed by atoms with Crippen LogP contribution < -0.4 is 10.0 Å². The number of nitrogens with one attached hydrogen (secondary N) is 2. The van der Waals surface area contributed by atoms with Gasteiger partial charge in [0.1, 0.15) is 0 Å². The van der Waals surface area contributed by atoms with Crippen molar-refractivity contribution in [2.75, 3.05) is 32.0 Å². The standard InChI is InChI=1S/C12H26N2O3S/c1-2-13-9-11-18(15,16)14-8-10-17-12-6-4-3-5-7-12/h12-14H,2-11H2,1H3. The fourth-order valence-corrected chi connectivity index (χ4v) is 3.06. The van der Waals surface area contributed by atoms with E-state index in [1.165, 1.54) is 19.3 Å². The molecule has 0 aliphatic heterocycles. The summed E-state index contributed by atoms with van der Waals surface area (Å²) in [5, 5.41) is 3.00. The molecule has 0 radical (unpaired) electrons. The summed E-state index contributed by atoms with van der Waals surface area (Å²) in [5.41, 5.74) is 0. The molecular formula is C12H26N2O3S. The Hall–Kier alpha value is -0.170. The summed E-state index contributed by atoms with van der Waals surface area (Å²) in [6, 6.07) is 0. The van der Waals surface area contributed by atoms with Gasteiger partial charge in [-0.05, 0) is 19.4 Å². The van der Waals surface area contributed by atoms with Crippen LogP contribution in [0, 0.1) is 0 Å². The van der Waals surface area contributed by atoms with Gasteiger partial charge in [-0.1, -0.05) is 26.2 Å². The molecule has 0 spiro atoms. The van der Waals surface area contributed by atoms with E-state index in [-0.39, 0.29) is 5.75 Å². The first kappa shape index (κ1) is 15.9. The number of sulfonamides is 1. The summed E-state index contributed by atoms with van der Waals surface area (Å²) < 4.78 is 31.3. The fourth-order valence-electron chi connectivity index (χ4n) is 2.11. The maximum Gasteiger partial charge on any atom is 0.212 e. The molecule has 18 heavy (non-hydrogen) atoms. The highest BCUT2D eigenvalue weighted by atomic mass is 32.2. The predicted molar refractivity (Wildman–Crippen MR) is 73.2 cm³/mol. The molecule has 1 fully saturated rings. The first-order valence-corrected chi connectivity index (χ1v) is 8.59. The van der Waals surface area contributed by atoms with Crippen molar-refractivity contribution in [1.82, 2.24) is 10.0 Å². The van der Waals surface area contributed by atoms with Crippen molar-refractivity contribution in [3.05, 3.63) is 0 Å². The van der Waals surface area contributed by atoms with E-state index in [9.17, 15) is 8.42 Å². The van der Waals surface area contributed by atoms with Crippen molar-refractivity contribution < 1.29 is 13.2 Å². The molecule has 1 aliphatic carbocycles. The van der Waals surface area contributed by atoms with Crippen LogP contribution in [0.1, 0.15) is 39.0 Å². The van der Waals surface area contributed by atoms with E-state index >= 15 is 0 Å². The van der Waals surface area contributed by atoms with Crippen molar-refractivity contribution >= 4 is 10.0 Å². The van der Waals surface area contributed by atoms with Crippen LogP contribution in [0.2, 0.25) is 0 Å². The van der Waals surface area contributed by atoms with Crippen LogP contribution in [-0.2, 0) is 14.8 Å². The molecule has 0 saturated heterocycles. The van der Waals surface area contributed by atoms with E-state index in [1.54, 1.807) is 0 Å². The van der Waals surface area contributed by atoms with Crippen molar-refractivity contribution in [3.63, 3.8) is 0 Å². The van der Waals surface area contributed by atoms with Crippen LogP contribution in [0.25, 0.3) is 0 Å². The largest absolute Gasteiger partial charge is 0.377 e. The molecule has 2 N–H and O–H groups in total. The number of rotatable bonds is 9. The monoisotopic (exact) mass is 278 g/mol. The van der Waals surface area contributed by atoms with Gasteiger partial charge in [-0.2, -0.15) is 0 Å². The third-order valence-corrected chi connectivity index (χ3v) is 4.51. The minimum atomic E-state index is -3.15. The lowest BCUT2D eigenvalue weighted by molar-refractivity contribution is 0.0321. The van der Waals surface area contributed by atoms with Crippen LogP contribution in [0.3, 0.4) is 0 Å². The smallest absolute Gasteiger partial charge is 0.212 e. The van der Waals surface area contributed by atoms with Gasteiger partial charge in [0.2, 0.25) is 10.0 Å². The van der Waals surface area contributed by atoms with Crippen LogP contribution in [0.4, 0.5) is 0 Å². The molecule has 0 aromatic heterocycles. The Bertz CT molecular complexity index is 300. The Balaban J connectivity index is 2.05. The van der Waals surface area contributed by atoms with Gasteiger partial charge in [0.15, 0.2) is 0 Å². The van der Waals surface area contributed by atoms with E-state index in [0.29, 0.717) is 25.8 Å². The average Bonchev–Trinajstić information content (AvgIpc) is 2.36. The highest BCUT2D eigenvalue weighted by Crippen LogP contribution is 2.19. The number of hydrogen-bond acceptors (Lipinski definition) is 4. The van der Waals surface area contributed by atoms with Crippen LogP contribution >= 0.6 is 0 Å². The Kier molecular flexibility index (Phi) is 7.81. The Labute approximate surface area is 111 Å². The first-order chi connectivity index (χ1) is 8.64. The number of ether oxygens (including phenoxy) is 1. The normalized spacial score (nSPS) is 18.1. The molecule has 0 aromatic carbocycles. The minimum absolute atomic E-state index is 0.129. The van der Waals surface area contributed by atoms with Gasteiger partial charge >= 0.3 is 0 Å². The second-order valence-electron chi connectivity index (χ2n) is 4.70. The molecule has 0 heterocycles. The summed E-state index contributed by atoms with van der Waals surface area (Å²) >= 11 is 0. The quantitative estimate of drug-likeness (QED) is 0.614. The van der Waals surface area contributed by atoms with Gasteiger partial charge in [0.05, 0.1) is 18.5 Å². The van der Waals surface area contributed by atoms with Crippen molar-refractivity contribution in [1.29, 1.82) is 0 Å². The Morgan fingerprint density at radius 1 is 1.17 bits per heavy atom. The molecule has 0 aromatic rings. The molecule has 0 bridgehead atoms. The molecule has 108 valence electrons.